The third-order valence-corrected chi connectivity index (χ3v) is 4.92. The summed E-state index contributed by atoms with van der Waals surface area (Å²) >= 11 is 0. The lowest BCUT2D eigenvalue weighted by Gasteiger charge is -2.26. The van der Waals surface area contributed by atoms with Crippen LogP contribution in [0.4, 0.5) is 4.79 Å². The van der Waals surface area contributed by atoms with Crippen LogP contribution in [0.15, 0.2) is 24.3 Å². The van der Waals surface area contributed by atoms with Gasteiger partial charge in [-0.2, -0.15) is 0 Å². The van der Waals surface area contributed by atoms with E-state index in [0.29, 0.717) is 19.1 Å². The number of benzene rings is 1. The van der Waals surface area contributed by atoms with Gasteiger partial charge in [0, 0.05) is 19.1 Å². The topological polar surface area (TPSA) is 61.9 Å². The zero-order chi connectivity index (χ0) is 17.3. The van der Waals surface area contributed by atoms with Crippen LogP contribution in [-0.2, 0) is 4.79 Å². The first-order valence-corrected chi connectivity index (χ1v) is 8.44. The first-order valence-electron chi connectivity index (χ1n) is 8.44. The molecule has 0 bridgehead atoms. The molecule has 130 valence electrons. The number of rotatable bonds is 5. The molecule has 0 saturated carbocycles. The van der Waals surface area contributed by atoms with Crippen molar-refractivity contribution in [2.45, 2.75) is 38.3 Å². The van der Waals surface area contributed by atoms with Crippen molar-refractivity contribution >= 4 is 11.9 Å². The average Bonchev–Trinajstić information content (AvgIpc) is 3.09. The molecule has 2 saturated heterocycles. The second-order valence-corrected chi connectivity index (χ2v) is 6.98. The number of amides is 3. The van der Waals surface area contributed by atoms with Gasteiger partial charge >= 0.3 is 6.03 Å². The number of carbonyl (C=O) groups excluding carboxylic acids is 2. The van der Waals surface area contributed by atoms with E-state index >= 15 is 0 Å². The lowest BCUT2D eigenvalue weighted by Crippen LogP contribution is -2.41. The van der Waals surface area contributed by atoms with Crippen LogP contribution in [0.3, 0.4) is 0 Å². The molecule has 24 heavy (non-hydrogen) atoms. The van der Waals surface area contributed by atoms with Gasteiger partial charge in [0.25, 0.3) is 5.91 Å². The molecule has 1 N–H and O–H groups in total. The zero-order valence-electron chi connectivity index (χ0n) is 14.5. The lowest BCUT2D eigenvalue weighted by molar-refractivity contribution is -0.130. The van der Waals surface area contributed by atoms with E-state index in [1.807, 2.05) is 12.1 Å². The Morgan fingerprint density at radius 2 is 1.92 bits per heavy atom. The minimum atomic E-state index is -0.794. The number of ether oxygens (including phenoxy) is 1. The molecule has 1 aromatic rings. The summed E-state index contributed by atoms with van der Waals surface area (Å²) < 4.78 is 5.21. The number of methoxy groups -OCH3 is 1. The fraction of sp³-hybridized carbons (Fsp3) is 0.556. The second-order valence-electron chi connectivity index (χ2n) is 6.98. The summed E-state index contributed by atoms with van der Waals surface area (Å²) in [6, 6.07) is 8.20. The van der Waals surface area contributed by atoms with Crippen LogP contribution >= 0.6 is 0 Å². The quantitative estimate of drug-likeness (QED) is 0.840. The first kappa shape index (κ1) is 16.8. The number of hydrogen-bond donors (Lipinski definition) is 1. The highest BCUT2D eigenvalue weighted by molar-refractivity contribution is 6.06. The van der Waals surface area contributed by atoms with E-state index in [1.165, 1.54) is 10.5 Å². The Labute approximate surface area is 142 Å². The third kappa shape index (κ3) is 3.11. The molecular formula is C18H25N3O3. The summed E-state index contributed by atoms with van der Waals surface area (Å²) in [7, 11) is 1.66. The largest absolute Gasteiger partial charge is 0.497 e. The van der Waals surface area contributed by atoms with Gasteiger partial charge in [0.05, 0.1) is 7.11 Å². The van der Waals surface area contributed by atoms with Crippen molar-refractivity contribution in [2.24, 2.45) is 0 Å². The van der Waals surface area contributed by atoms with Gasteiger partial charge in [-0.05, 0) is 50.9 Å². The molecule has 3 amide bonds. The molecule has 0 unspecified atom stereocenters. The highest BCUT2D eigenvalue weighted by Gasteiger charge is 2.44. The molecule has 6 nitrogen and oxygen atoms in total. The van der Waals surface area contributed by atoms with Gasteiger partial charge in [-0.25, -0.2) is 4.79 Å². The van der Waals surface area contributed by atoms with E-state index < -0.39 is 5.54 Å². The first-order chi connectivity index (χ1) is 11.4. The second kappa shape index (κ2) is 6.43. The summed E-state index contributed by atoms with van der Waals surface area (Å²) in [5.74, 6) is 0.706. The van der Waals surface area contributed by atoms with Crippen LogP contribution < -0.4 is 10.1 Å². The summed E-state index contributed by atoms with van der Waals surface area (Å²) in [6.07, 6.45) is 2.22. The molecule has 6 heteroatoms. The van der Waals surface area contributed by atoms with Gasteiger partial charge in [-0.3, -0.25) is 14.6 Å². The minimum absolute atomic E-state index is 0.146. The summed E-state index contributed by atoms with van der Waals surface area (Å²) in [6.45, 7) is 5.60. The Morgan fingerprint density at radius 1 is 1.21 bits per heavy atom. The van der Waals surface area contributed by atoms with Crippen LogP contribution in [0, 0.1) is 0 Å². The molecular weight excluding hydrogens is 306 g/mol. The predicted molar refractivity (Wildman–Crippen MR) is 90.9 cm³/mol. The molecule has 0 aliphatic carbocycles. The highest BCUT2D eigenvalue weighted by Crippen LogP contribution is 2.32. The number of hydrogen-bond acceptors (Lipinski definition) is 4. The van der Waals surface area contributed by atoms with Gasteiger partial charge in [0.15, 0.2) is 0 Å². The average molecular weight is 331 g/mol. The maximum atomic E-state index is 12.3. The highest BCUT2D eigenvalue weighted by atomic mass is 16.5. The molecule has 0 spiro atoms. The molecule has 2 aliphatic rings. The van der Waals surface area contributed by atoms with Crippen molar-refractivity contribution in [1.82, 2.24) is 15.1 Å². The van der Waals surface area contributed by atoms with Gasteiger partial charge in [0.2, 0.25) is 0 Å². The number of nitrogens with one attached hydrogen (secondary N) is 1. The van der Waals surface area contributed by atoms with Gasteiger partial charge < -0.3 is 10.1 Å². The number of nitrogens with zero attached hydrogens (tertiary/aromatic N) is 2. The molecule has 2 fully saturated rings. The van der Waals surface area contributed by atoms with Crippen LogP contribution in [-0.4, -0.2) is 54.0 Å². The number of imide groups is 1. The van der Waals surface area contributed by atoms with Crippen molar-refractivity contribution in [2.75, 3.05) is 26.7 Å². The standard InChI is InChI=1S/C18H25N3O3/c1-18(2)16(22)21(17(23)19-18)12-11-20-10-4-5-15(20)13-6-8-14(24-3)9-7-13/h6-9,15H,4-5,10-12H2,1-3H3,(H,19,23)/t15-/m1/s1. The Balaban J connectivity index is 1.64. The van der Waals surface area contributed by atoms with Crippen molar-refractivity contribution in [3.8, 4) is 5.75 Å². The molecule has 0 radical (unpaired) electrons. The SMILES string of the molecule is COc1ccc([C@H]2CCCN2CCN2C(=O)NC(C)(C)C2=O)cc1. The summed E-state index contributed by atoms with van der Waals surface area (Å²) in [4.78, 5) is 28.0. The Morgan fingerprint density at radius 3 is 2.50 bits per heavy atom. The maximum Gasteiger partial charge on any atom is 0.325 e. The third-order valence-electron chi connectivity index (χ3n) is 4.92. The van der Waals surface area contributed by atoms with E-state index in [-0.39, 0.29) is 11.9 Å². The zero-order valence-corrected chi connectivity index (χ0v) is 14.5. The van der Waals surface area contributed by atoms with E-state index in [2.05, 4.69) is 22.3 Å². The molecule has 0 aromatic heterocycles. The lowest BCUT2D eigenvalue weighted by atomic mass is 10.0. The van der Waals surface area contributed by atoms with Crippen LogP contribution in [0.2, 0.25) is 0 Å². The fourth-order valence-corrected chi connectivity index (χ4v) is 3.55. The normalized spacial score (nSPS) is 23.6. The molecule has 2 heterocycles. The van der Waals surface area contributed by atoms with E-state index in [4.69, 9.17) is 4.74 Å². The molecule has 1 aromatic carbocycles. The maximum absolute atomic E-state index is 12.3. The van der Waals surface area contributed by atoms with E-state index in [9.17, 15) is 9.59 Å². The summed E-state index contributed by atoms with van der Waals surface area (Å²) in [5.41, 5.74) is 0.461. The number of likely N-dealkylation sites (tertiary alicyclic amines) is 1. The number of urea groups is 1. The van der Waals surface area contributed by atoms with E-state index in [1.54, 1.807) is 21.0 Å². The van der Waals surface area contributed by atoms with Crippen molar-refractivity contribution in [1.29, 1.82) is 0 Å². The van der Waals surface area contributed by atoms with Crippen molar-refractivity contribution in [3.05, 3.63) is 29.8 Å². The van der Waals surface area contributed by atoms with Crippen LogP contribution in [0.25, 0.3) is 0 Å². The molecule has 3 rings (SSSR count). The van der Waals surface area contributed by atoms with Crippen LogP contribution in [0.1, 0.15) is 38.3 Å². The molecule has 2 aliphatic heterocycles. The van der Waals surface area contributed by atoms with Gasteiger partial charge in [-0.15, -0.1) is 0 Å². The van der Waals surface area contributed by atoms with Crippen LogP contribution in [0.5, 0.6) is 5.75 Å². The van der Waals surface area contributed by atoms with Crippen molar-refractivity contribution in [3.63, 3.8) is 0 Å². The summed E-state index contributed by atoms with van der Waals surface area (Å²) in [5, 5.41) is 2.73. The Bertz CT molecular complexity index is 627. The predicted octanol–water partition coefficient (Wildman–Crippen LogP) is 2.16. The smallest absolute Gasteiger partial charge is 0.325 e. The molecule has 1 atom stereocenters. The minimum Gasteiger partial charge on any atom is -0.497 e. The van der Waals surface area contributed by atoms with Gasteiger partial charge in [0.1, 0.15) is 11.3 Å². The Hall–Kier alpha value is -2.08. The number of carbonyl (C=O) groups is 2. The van der Waals surface area contributed by atoms with Crippen molar-refractivity contribution < 1.29 is 14.3 Å². The Kier molecular flexibility index (Phi) is 4.49. The van der Waals surface area contributed by atoms with E-state index in [0.717, 1.165) is 25.1 Å². The van der Waals surface area contributed by atoms with Gasteiger partial charge in [-0.1, -0.05) is 12.1 Å². The fourth-order valence-electron chi connectivity index (χ4n) is 3.55. The monoisotopic (exact) mass is 331 g/mol.